The molecule has 3 rings (SSSR count). The van der Waals surface area contributed by atoms with Gasteiger partial charge in [0.15, 0.2) is 5.16 Å². The average Bonchev–Trinajstić information content (AvgIpc) is 3.26. The molecular weight excluding hydrogens is 420 g/mol. The van der Waals surface area contributed by atoms with E-state index in [0.29, 0.717) is 26.7 Å². The molecule has 0 spiro atoms. The summed E-state index contributed by atoms with van der Waals surface area (Å²) in [5.74, 6) is -0.442. The Morgan fingerprint density at radius 1 is 1.36 bits per heavy atom. The van der Waals surface area contributed by atoms with Crippen molar-refractivity contribution in [2.45, 2.75) is 19.0 Å². The summed E-state index contributed by atoms with van der Waals surface area (Å²) in [6, 6.07) is 9.04. The second-order valence-electron chi connectivity index (χ2n) is 5.64. The molecule has 0 saturated carbocycles. The number of hydrogen-bond acceptors (Lipinski definition) is 7. The van der Waals surface area contributed by atoms with E-state index in [2.05, 4.69) is 15.5 Å². The molecule has 7 nitrogen and oxygen atoms in total. The number of hydrogen-bond donors (Lipinski definition) is 1. The Morgan fingerprint density at radius 2 is 2.18 bits per heavy atom. The number of thioether (sulfide) groups is 1. The molecule has 0 aliphatic rings. The van der Waals surface area contributed by atoms with Crippen molar-refractivity contribution in [1.82, 2.24) is 14.8 Å². The lowest BCUT2D eigenvalue weighted by molar-refractivity contribution is -0.113. The van der Waals surface area contributed by atoms with Gasteiger partial charge in [-0.15, -0.1) is 21.5 Å². The molecule has 1 N–H and O–H groups in total. The van der Waals surface area contributed by atoms with Crippen molar-refractivity contribution in [3.05, 3.63) is 52.1 Å². The summed E-state index contributed by atoms with van der Waals surface area (Å²) in [5, 5.41) is 12.5. The van der Waals surface area contributed by atoms with Crippen molar-refractivity contribution in [3.8, 4) is 5.69 Å². The highest BCUT2D eigenvalue weighted by Gasteiger charge is 2.16. The third-order valence-corrected chi connectivity index (χ3v) is 5.89. The minimum absolute atomic E-state index is 0.144. The van der Waals surface area contributed by atoms with E-state index in [1.54, 1.807) is 42.9 Å². The van der Waals surface area contributed by atoms with Crippen LogP contribution in [0.15, 0.2) is 41.8 Å². The molecule has 2 heterocycles. The molecular formula is C18H17ClN4O3S2. The van der Waals surface area contributed by atoms with Crippen molar-refractivity contribution in [2.24, 2.45) is 0 Å². The summed E-state index contributed by atoms with van der Waals surface area (Å²) < 4.78 is 6.78. The second kappa shape index (κ2) is 9.22. The van der Waals surface area contributed by atoms with Gasteiger partial charge in [-0.05, 0) is 43.7 Å². The van der Waals surface area contributed by atoms with Crippen LogP contribution in [0.4, 0.5) is 5.00 Å². The van der Waals surface area contributed by atoms with Crippen LogP contribution in [0.2, 0.25) is 5.02 Å². The van der Waals surface area contributed by atoms with E-state index in [0.717, 1.165) is 11.3 Å². The first-order chi connectivity index (χ1) is 13.5. The number of esters is 1. The minimum atomic E-state index is -0.380. The van der Waals surface area contributed by atoms with Crippen LogP contribution in [0, 0.1) is 6.92 Å². The minimum Gasteiger partial charge on any atom is -0.462 e. The molecule has 1 aromatic carbocycles. The Balaban J connectivity index is 1.62. The fraction of sp³-hybridized carbons (Fsp3) is 0.222. The Hall–Kier alpha value is -2.36. The third-order valence-electron chi connectivity index (χ3n) is 3.58. The number of nitrogens with zero attached hydrogens (tertiary/aromatic N) is 3. The number of carbonyl (C=O) groups excluding carboxylic acids is 2. The molecule has 146 valence electrons. The molecule has 0 saturated heterocycles. The Labute approximate surface area is 175 Å². The lowest BCUT2D eigenvalue weighted by Crippen LogP contribution is -2.13. The largest absolute Gasteiger partial charge is 0.462 e. The van der Waals surface area contributed by atoms with Gasteiger partial charge < -0.3 is 10.1 Å². The number of benzene rings is 1. The van der Waals surface area contributed by atoms with Crippen LogP contribution in [-0.4, -0.2) is 39.0 Å². The first-order valence-electron chi connectivity index (χ1n) is 8.34. The van der Waals surface area contributed by atoms with E-state index in [-0.39, 0.29) is 17.6 Å². The second-order valence-corrected chi connectivity index (χ2v) is 8.07. The van der Waals surface area contributed by atoms with E-state index in [9.17, 15) is 9.59 Å². The number of amides is 1. The number of aryl methyl sites for hydroxylation is 1. The van der Waals surface area contributed by atoms with Gasteiger partial charge in [0.05, 0.1) is 23.0 Å². The standard InChI is InChI=1S/C18H17ClN4O3S2/c1-3-26-17(25)16-11(2)7-15(28-16)21-14(24)9-27-18-22-20-10-23(18)13-6-4-5-12(19)8-13/h4-8,10H,3,9H2,1-2H3,(H,21,24). The lowest BCUT2D eigenvalue weighted by atomic mass is 10.3. The molecule has 0 bridgehead atoms. The van der Waals surface area contributed by atoms with Crippen LogP contribution >= 0.6 is 34.7 Å². The van der Waals surface area contributed by atoms with Crippen molar-refractivity contribution in [2.75, 3.05) is 17.7 Å². The number of rotatable bonds is 7. The van der Waals surface area contributed by atoms with E-state index in [1.165, 1.54) is 23.1 Å². The van der Waals surface area contributed by atoms with Gasteiger partial charge in [0.25, 0.3) is 0 Å². The molecule has 0 fully saturated rings. The number of ether oxygens (including phenoxy) is 1. The molecule has 0 radical (unpaired) electrons. The van der Waals surface area contributed by atoms with Gasteiger partial charge in [-0.3, -0.25) is 9.36 Å². The Morgan fingerprint density at radius 3 is 2.93 bits per heavy atom. The van der Waals surface area contributed by atoms with Crippen LogP contribution in [0.25, 0.3) is 5.69 Å². The maximum Gasteiger partial charge on any atom is 0.348 e. The van der Waals surface area contributed by atoms with Gasteiger partial charge in [0.1, 0.15) is 11.2 Å². The van der Waals surface area contributed by atoms with Crippen molar-refractivity contribution < 1.29 is 14.3 Å². The van der Waals surface area contributed by atoms with Crippen LogP contribution in [0.1, 0.15) is 22.2 Å². The first-order valence-corrected chi connectivity index (χ1v) is 10.5. The molecule has 0 atom stereocenters. The first kappa shape index (κ1) is 20.4. The zero-order valence-electron chi connectivity index (χ0n) is 15.1. The van der Waals surface area contributed by atoms with Gasteiger partial charge in [0, 0.05) is 5.02 Å². The molecule has 1 amide bonds. The molecule has 2 aromatic heterocycles. The highest BCUT2D eigenvalue weighted by Crippen LogP contribution is 2.28. The van der Waals surface area contributed by atoms with E-state index < -0.39 is 0 Å². The van der Waals surface area contributed by atoms with Gasteiger partial charge in [0.2, 0.25) is 5.91 Å². The summed E-state index contributed by atoms with van der Waals surface area (Å²) in [6.45, 7) is 3.87. The van der Waals surface area contributed by atoms with Gasteiger partial charge in [-0.1, -0.05) is 29.4 Å². The molecule has 10 heteroatoms. The topological polar surface area (TPSA) is 86.1 Å². The Kier molecular flexibility index (Phi) is 6.71. The van der Waals surface area contributed by atoms with Crippen molar-refractivity contribution in [1.29, 1.82) is 0 Å². The number of anilines is 1. The fourth-order valence-electron chi connectivity index (χ4n) is 2.37. The van der Waals surface area contributed by atoms with Crippen LogP contribution in [0.5, 0.6) is 0 Å². The number of carbonyl (C=O) groups is 2. The number of aromatic nitrogens is 3. The smallest absolute Gasteiger partial charge is 0.348 e. The highest BCUT2D eigenvalue weighted by atomic mass is 35.5. The summed E-state index contributed by atoms with van der Waals surface area (Å²) in [6.07, 6.45) is 1.57. The molecule has 0 aliphatic heterocycles. The maximum atomic E-state index is 12.3. The van der Waals surface area contributed by atoms with Gasteiger partial charge >= 0.3 is 5.97 Å². The average molecular weight is 437 g/mol. The van der Waals surface area contributed by atoms with Crippen LogP contribution < -0.4 is 5.32 Å². The van der Waals surface area contributed by atoms with E-state index in [4.69, 9.17) is 16.3 Å². The summed E-state index contributed by atoms with van der Waals surface area (Å²) in [4.78, 5) is 24.7. The predicted molar refractivity (Wildman–Crippen MR) is 111 cm³/mol. The lowest BCUT2D eigenvalue weighted by Gasteiger charge is -2.06. The van der Waals surface area contributed by atoms with Crippen molar-refractivity contribution in [3.63, 3.8) is 0 Å². The highest BCUT2D eigenvalue weighted by molar-refractivity contribution is 7.99. The summed E-state index contributed by atoms with van der Waals surface area (Å²) in [5.41, 5.74) is 1.58. The van der Waals surface area contributed by atoms with Crippen molar-refractivity contribution >= 4 is 51.6 Å². The number of halogens is 1. The predicted octanol–water partition coefficient (Wildman–Crippen LogP) is 4.20. The van der Waals surface area contributed by atoms with Crippen LogP contribution in [0.3, 0.4) is 0 Å². The summed E-state index contributed by atoms with van der Waals surface area (Å²) >= 11 is 8.48. The fourth-order valence-corrected chi connectivity index (χ4v) is 4.27. The van der Waals surface area contributed by atoms with E-state index in [1.807, 2.05) is 12.1 Å². The molecule has 3 aromatic rings. The quantitative estimate of drug-likeness (QED) is 0.441. The van der Waals surface area contributed by atoms with Gasteiger partial charge in [-0.2, -0.15) is 0 Å². The van der Waals surface area contributed by atoms with Crippen LogP contribution in [-0.2, 0) is 9.53 Å². The third kappa shape index (κ3) is 4.92. The van der Waals surface area contributed by atoms with Gasteiger partial charge in [-0.25, -0.2) is 4.79 Å². The maximum absolute atomic E-state index is 12.3. The molecule has 0 unspecified atom stereocenters. The zero-order chi connectivity index (χ0) is 20.1. The number of nitrogens with one attached hydrogen (secondary N) is 1. The zero-order valence-corrected chi connectivity index (χ0v) is 17.5. The monoisotopic (exact) mass is 436 g/mol. The number of thiophene rings is 1. The molecule has 0 aliphatic carbocycles. The van der Waals surface area contributed by atoms with E-state index >= 15 is 0 Å². The molecule has 28 heavy (non-hydrogen) atoms. The summed E-state index contributed by atoms with van der Waals surface area (Å²) in [7, 11) is 0. The Bertz CT molecular complexity index is 1000. The SMILES string of the molecule is CCOC(=O)c1sc(NC(=O)CSc2nncn2-c2cccc(Cl)c2)cc1C. The normalized spacial score (nSPS) is 10.7.